The maximum absolute atomic E-state index is 11.2. The van der Waals surface area contributed by atoms with E-state index < -0.39 is 42.1 Å². The molecule has 0 aromatic heterocycles. The molecule has 0 aromatic carbocycles. The lowest BCUT2D eigenvalue weighted by Gasteiger charge is -2.12. The first kappa shape index (κ1) is 22.9. The molecular weight excluding hydrogens is 329 g/mol. The standard InChI is InChI=1S/C9H16N2O5.C2HF3O2/c1-2-6(9(15)16)11-7(12)4-3-5(10)8(13)14;3-2(4,5)1(6)7/h5-6H,2-4,10H2,1H3,(H,11,12)(H,13,14)(H,15,16);(H,6,7)/t5-,6-;/m0./s1. The first-order valence-corrected chi connectivity index (χ1v) is 6.13. The van der Waals surface area contributed by atoms with Crippen molar-refractivity contribution >= 4 is 23.8 Å². The van der Waals surface area contributed by atoms with Gasteiger partial charge in [-0.05, 0) is 12.8 Å². The van der Waals surface area contributed by atoms with Gasteiger partial charge in [-0.2, -0.15) is 13.2 Å². The number of rotatable bonds is 7. The van der Waals surface area contributed by atoms with Crippen molar-refractivity contribution in [3.63, 3.8) is 0 Å². The average Bonchev–Trinajstić information content (AvgIpc) is 2.41. The number of halogens is 3. The second kappa shape index (κ2) is 10.4. The Labute approximate surface area is 128 Å². The molecule has 0 radical (unpaired) electrons. The predicted molar refractivity (Wildman–Crippen MR) is 68.4 cm³/mol. The Bertz CT molecular complexity index is 440. The smallest absolute Gasteiger partial charge is 0.480 e. The van der Waals surface area contributed by atoms with Gasteiger partial charge in [-0.15, -0.1) is 0 Å². The first-order chi connectivity index (χ1) is 10.3. The van der Waals surface area contributed by atoms with E-state index in [0.717, 1.165) is 0 Å². The van der Waals surface area contributed by atoms with Crippen molar-refractivity contribution in [3.05, 3.63) is 0 Å². The van der Waals surface area contributed by atoms with E-state index in [9.17, 15) is 27.6 Å². The Kier molecular flexibility index (Phi) is 10.3. The molecule has 0 saturated heterocycles. The highest BCUT2D eigenvalue weighted by atomic mass is 19.4. The number of hydrogen-bond acceptors (Lipinski definition) is 5. The Morgan fingerprint density at radius 1 is 1.09 bits per heavy atom. The summed E-state index contributed by atoms with van der Waals surface area (Å²) in [6.45, 7) is 1.63. The van der Waals surface area contributed by atoms with Gasteiger partial charge in [0.1, 0.15) is 12.1 Å². The third-order valence-corrected chi connectivity index (χ3v) is 2.28. The van der Waals surface area contributed by atoms with Gasteiger partial charge < -0.3 is 26.4 Å². The molecule has 0 aliphatic rings. The lowest BCUT2D eigenvalue weighted by atomic mass is 10.1. The highest BCUT2D eigenvalue weighted by Crippen LogP contribution is 2.13. The summed E-state index contributed by atoms with van der Waals surface area (Å²) in [6.07, 6.45) is -4.93. The van der Waals surface area contributed by atoms with Crippen molar-refractivity contribution in [1.82, 2.24) is 5.32 Å². The molecule has 0 bridgehead atoms. The van der Waals surface area contributed by atoms with E-state index in [1.165, 1.54) is 0 Å². The topological polar surface area (TPSA) is 167 Å². The second-order valence-corrected chi connectivity index (χ2v) is 4.15. The number of nitrogens with two attached hydrogens (primary N) is 1. The zero-order valence-electron chi connectivity index (χ0n) is 12.0. The molecule has 0 aliphatic carbocycles. The quantitative estimate of drug-likeness (QED) is 0.422. The van der Waals surface area contributed by atoms with E-state index in [1.807, 2.05) is 0 Å². The van der Waals surface area contributed by atoms with Crippen molar-refractivity contribution in [2.24, 2.45) is 5.73 Å². The molecule has 0 aliphatic heterocycles. The summed E-state index contributed by atoms with van der Waals surface area (Å²) in [7, 11) is 0. The summed E-state index contributed by atoms with van der Waals surface area (Å²) in [5.41, 5.74) is 5.19. The molecule has 9 nitrogen and oxygen atoms in total. The normalized spacial score (nSPS) is 13.1. The van der Waals surface area contributed by atoms with Crippen LogP contribution >= 0.6 is 0 Å². The molecule has 0 fully saturated rings. The molecule has 2 atom stereocenters. The van der Waals surface area contributed by atoms with Crippen LogP contribution in [-0.4, -0.2) is 57.4 Å². The van der Waals surface area contributed by atoms with E-state index in [0.29, 0.717) is 0 Å². The van der Waals surface area contributed by atoms with Crippen molar-refractivity contribution < 1.29 is 47.7 Å². The molecule has 0 rings (SSSR count). The SMILES string of the molecule is CC[C@H](NC(=O)CC[C@H](N)C(=O)O)C(=O)O.O=C(O)C(F)(F)F. The zero-order chi connectivity index (χ0) is 18.8. The van der Waals surface area contributed by atoms with Crippen LogP contribution in [0.1, 0.15) is 26.2 Å². The van der Waals surface area contributed by atoms with E-state index in [4.69, 9.17) is 25.8 Å². The number of hydrogen-bond donors (Lipinski definition) is 5. The zero-order valence-corrected chi connectivity index (χ0v) is 12.0. The van der Waals surface area contributed by atoms with Crippen LogP contribution in [0.5, 0.6) is 0 Å². The summed E-state index contributed by atoms with van der Waals surface area (Å²) >= 11 is 0. The van der Waals surface area contributed by atoms with Gasteiger partial charge in [-0.1, -0.05) is 6.92 Å². The predicted octanol–water partition coefficient (Wildman–Crippen LogP) is -0.209. The molecular formula is C11H17F3N2O7. The number of nitrogens with one attached hydrogen (secondary N) is 1. The van der Waals surface area contributed by atoms with Crippen LogP contribution in [0.2, 0.25) is 0 Å². The van der Waals surface area contributed by atoms with E-state index in [2.05, 4.69) is 5.32 Å². The van der Waals surface area contributed by atoms with Crippen molar-refractivity contribution in [1.29, 1.82) is 0 Å². The van der Waals surface area contributed by atoms with Crippen LogP contribution in [0.15, 0.2) is 0 Å². The van der Waals surface area contributed by atoms with Gasteiger partial charge in [-0.25, -0.2) is 9.59 Å². The summed E-state index contributed by atoms with van der Waals surface area (Å²) in [4.78, 5) is 41.0. The molecule has 0 saturated carbocycles. The van der Waals surface area contributed by atoms with Crippen LogP contribution in [0, 0.1) is 0 Å². The van der Waals surface area contributed by atoms with Crippen LogP contribution in [0.25, 0.3) is 0 Å². The third-order valence-electron chi connectivity index (χ3n) is 2.28. The molecule has 0 heterocycles. The largest absolute Gasteiger partial charge is 0.490 e. The average molecular weight is 346 g/mol. The van der Waals surface area contributed by atoms with Gasteiger partial charge in [0.25, 0.3) is 0 Å². The van der Waals surface area contributed by atoms with Crippen molar-refractivity contribution in [3.8, 4) is 0 Å². The van der Waals surface area contributed by atoms with Gasteiger partial charge in [0.05, 0.1) is 0 Å². The number of aliphatic carboxylic acids is 3. The molecule has 12 heteroatoms. The van der Waals surface area contributed by atoms with Gasteiger partial charge in [-0.3, -0.25) is 9.59 Å². The molecule has 23 heavy (non-hydrogen) atoms. The van der Waals surface area contributed by atoms with Crippen LogP contribution in [0.3, 0.4) is 0 Å². The Hall–Kier alpha value is -2.37. The Morgan fingerprint density at radius 2 is 1.52 bits per heavy atom. The third kappa shape index (κ3) is 11.9. The molecule has 1 amide bonds. The van der Waals surface area contributed by atoms with Crippen LogP contribution < -0.4 is 11.1 Å². The fourth-order valence-corrected chi connectivity index (χ4v) is 1.01. The number of carbonyl (C=O) groups excluding carboxylic acids is 1. The molecule has 6 N–H and O–H groups in total. The van der Waals surface area contributed by atoms with Gasteiger partial charge in [0.15, 0.2) is 0 Å². The summed E-state index contributed by atoms with van der Waals surface area (Å²) in [6, 6.07) is -2.04. The Morgan fingerprint density at radius 3 is 1.78 bits per heavy atom. The fraction of sp³-hybridized carbons (Fsp3) is 0.636. The van der Waals surface area contributed by atoms with Crippen molar-refractivity contribution in [2.45, 2.75) is 44.4 Å². The first-order valence-electron chi connectivity index (χ1n) is 6.13. The maximum Gasteiger partial charge on any atom is 0.490 e. The molecule has 0 aromatic rings. The van der Waals surface area contributed by atoms with Crippen molar-refractivity contribution in [2.75, 3.05) is 0 Å². The summed E-state index contributed by atoms with van der Waals surface area (Å²) in [5.74, 6) is -5.56. The minimum absolute atomic E-state index is 0.0166. The number of carbonyl (C=O) groups is 4. The number of carboxylic acid groups (broad SMARTS) is 3. The Balaban J connectivity index is 0. The highest BCUT2D eigenvalue weighted by molar-refractivity contribution is 5.84. The summed E-state index contributed by atoms with van der Waals surface area (Å²) in [5, 5.41) is 26.5. The van der Waals surface area contributed by atoms with Crippen LogP contribution in [-0.2, 0) is 19.2 Å². The van der Waals surface area contributed by atoms with Gasteiger partial charge >= 0.3 is 24.1 Å². The molecule has 0 spiro atoms. The lowest BCUT2D eigenvalue weighted by molar-refractivity contribution is -0.192. The van der Waals surface area contributed by atoms with Gasteiger partial charge in [0, 0.05) is 6.42 Å². The molecule has 0 unspecified atom stereocenters. The lowest BCUT2D eigenvalue weighted by Crippen LogP contribution is -2.41. The van der Waals surface area contributed by atoms with E-state index in [1.54, 1.807) is 6.92 Å². The fourth-order valence-electron chi connectivity index (χ4n) is 1.01. The second-order valence-electron chi connectivity index (χ2n) is 4.15. The maximum atomic E-state index is 11.2. The van der Waals surface area contributed by atoms with Crippen LogP contribution in [0.4, 0.5) is 13.2 Å². The molecule has 134 valence electrons. The monoisotopic (exact) mass is 346 g/mol. The minimum Gasteiger partial charge on any atom is -0.480 e. The number of alkyl halides is 3. The minimum atomic E-state index is -5.08. The number of carboxylic acids is 3. The van der Waals surface area contributed by atoms with Gasteiger partial charge in [0.2, 0.25) is 5.91 Å². The highest BCUT2D eigenvalue weighted by Gasteiger charge is 2.38. The van der Waals surface area contributed by atoms with E-state index in [-0.39, 0.29) is 19.3 Å². The van der Waals surface area contributed by atoms with E-state index >= 15 is 0 Å². The summed E-state index contributed by atoms with van der Waals surface area (Å²) < 4.78 is 31.7. The number of amides is 1.